The van der Waals surface area contributed by atoms with Crippen LogP contribution in [0.15, 0.2) is 303 Å². The molecule has 0 saturated heterocycles. The average Bonchev–Trinajstić information content (AvgIpc) is 3.69. The van der Waals surface area contributed by atoms with Crippen molar-refractivity contribution in [3.8, 4) is 67.5 Å². The molecule has 2 heterocycles. The first-order valence-electron chi connectivity index (χ1n) is 26.2. The molecule has 4 heteroatoms. The first-order valence-corrected chi connectivity index (χ1v) is 26.2. The Morgan fingerprint density at radius 2 is 0.584 bits per heavy atom. The van der Waals surface area contributed by atoms with Crippen LogP contribution in [-0.4, -0.2) is 0 Å². The minimum absolute atomic E-state index is 0.768. The molecule has 0 fully saturated rings. The summed E-state index contributed by atoms with van der Waals surface area (Å²) in [5, 5.41) is 0. The highest BCUT2D eigenvalue weighted by Crippen LogP contribution is 2.64. The van der Waals surface area contributed by atoms with E-state index in [4.69, 9.17) is 9.47 Å². The Morgan fingerprint density at radius 1 is 0.221 bits per heavy atom. The maximum atomic E-state index is 7.39. The molecular weight excluding hydrogens is 937 g/mol. The fourth-order valence-electron chi connectivity index (χ4n) is 11.6. The summed E-state index contributed by atoms with van der Waals surface area (Å²) in [5.41, 5.74) is 18.4. The van der Waals surface area contributed by atoms with Crippen molar-refractivity contribution in [1.82, 2.24) is 0 Å². The van der Waals surface area contributed by atoms with E-state index < -0.39 is 5.41 Å². The molecule has 1 unspecified atom stereocenters. The third kappa shape index (κ3) is 8.03. The molecule has 4 nitrogen and oxygen atoms in total. The fourth-order valence-corrected chi connectivity index (χ4v) is 11.6. The van der Waals surface area contributed by atoms with E-state index in [0.717, 1.165) is 113 Å². The number of benzene rings is 12. The smallest absolute Gasteiger partial charge is 0.156 e. The van der Waals surface area contributed by atoms with E-state index in [9.17, 15) is 0 Å². The van der Waals surface area contributed by atoms with Crippen LogP contribution in [0.4, 0.5) is 34.1 Å². The van der Waals surface area contributed by atoms with Crippen LogP contribution < -0.4 is 19.3 Å². The van der Waals surface area contributed by atoms with Gasteiger partial charge in [0.25, 0.3) is 0 Å². The summed E-state index contributed by atoms with van der Waals surface area (Å²) in [6.07, 6.45) is 0. The molecule has 1 atom stereocenters. The van der Waals surface area contributed by atoms with Gasteiger partial charge < -0.3 is 19.3 Å². The van der Waals surface area contributed by atoms with Crippen molar-refractivity contribution in [3.05, 3.63) is 326 Å². The Kier molecular flexibility index (Phi) is 11.4. The quantitative estimate of drug-likeness (QED) is 0.136. The van der Waals surface area contributed by atoms with Crippen LogP contribution in [0.2, 0.25) is 0 Å². The average molecular weight is 987 g/mol. The zero-order valence-corrected chi connectivity index (χ0v) is 42.1. The number of hydrogen-bond acceptors (Lipinski definition) is 4. The van der Waals surface area contributed by atoms with Crippen LogP contribution in [0.25, 0.3) is 44.5 Å². The molecule has 0 saturated carbocycles. The molecule has 14 rings (SSSR count). The van der Waals surface area contributed by atoms with Crippen molar-refractivity contribution in [2.45, 2.75) is 5.41 Å². The van der Waals surface area contributed by atoms with Crippen molar-refractivity contribution >= 4 is 34.1 Å². The van der Waals surface area contributed by atoms with Gasteiger partial charge in [0.05, 0.1) is 11.1 Å². The molecule has 0 aromatic heterocycles. The van der Waals surface area contributed by atoms with Crippen molar-refractivity contribution in [3.63, 3.8) is 0 Å². The standard InChI is InChI=1S/C73H50N2O2/c1-5-20-51(21-6-1)55-38-42-59(43-39-55)74(60-44-40-56(41-45-60)52-22-7-2-8-23-52)63-46-47-66-71(50-63)76-69-36-15-13-32-64(69)73(66)65-33-14-16-37-70(65)77-72-67(73)34-19-35-68(72)75(61-30-17-28-57(48-61)53-24-9-3-10-25-53)62-31-18-29-58(49-62)54-26-11-4-12-27-54/h1-50H. The van der Waals surface area contributed by atoms with Gasteiger partial charge in [0, 0.05) is 56.8 Å². The topological polar surface area (TPSA) is 24.9 Å². The van der Waals surface area contributed by atoms with Crippen molar-refractivity contribution in [2.75, 3.05) is 9.80 Å². The Morgan fingerprint density at radius 3 is 1.09 bits per heavy atom. The van der Waals surface area contributed by atoms with Gasteiger partial charge >= 0.3 is 0 Å². The molecule has 12 aromatic carbocycles. The molecule has 0 aliphatic carbocycles. The van der Waals surface area contributed by atoms with Crippen molar-refractivity contribution < 1.29 is 9.47 Å². The minimum Gasteiger partial charge on any atom is -0.457 e. The molecule has 2 aliphatic heterocycles. The maximum absolute atomic E-state index is 7.39. The van der Waals surface area contributed by atoms with Gasteiger partial charge in [-0.1, -0.05) is 224 Å². The highest BCUT2D eigenvalue weighted by Gasteiger charge is 2.51. The van der Waals surface area contributed by atoms with E-state index in [0.29, 0.717) is 0 Å². The second-order valence-electron chi connectivity index (χ2n) is 19.6. The SMILES string of the molecule is c1ccc(-c2ccc(N(c3ccc(-c4ccccc4)cc3)c3ccc4c(c3)Oc3ccccc3C43c4ccccc4Oc4c(N(c5cccc(-c6ccccc6)c5)c5cccc(-c6ccccc6)c5)cccc43)cc2)cc1. The molecule has 12 aromatic rings. The number of fused-ring (bicyclic) bond motifs is 8. The third-order valence-corrected chi connectivity index (χ3v) is 15.2. The molecule has 0 N–H and O–H groups in total. The maximum Gasteiger partial charge on any atom is 0.156 e. The Labute approximate surface area is 449 Å². The zero-order valence-electron chi connectivity index (χ0n) is 42.1. The summed E-state index contributed by atoms with van der Waals surface area (Å²) in [6, 6.07) is 108. The lowest BCUT2D eigenvalue weighted by Crippen LogP contribution is -2.37. The summed E-state index contributed by atoms with van der Waals surface area (Å²) in [5.74, 6) is 3.11. The molecule has 0 radical (unpaired) electrons. The lowest BCUT2D eigenvalue weighted by molar-refractivity contribution is 0.400. The Hall–Kier alpha value is -10.2. The minimum atomic E-state index is -0.855. The van der Waals surface area contributed by atoms with Gasteiger partial charge in [-0.25, -0.2) is 0 Å². The van der Waals surface area contributed by atoms with Gasteiger partial charge in [-0.05, 0) is 117 Å². The zero-order chi connectivity index (χ0) is 51.1. The summed E-state index contributed by atoms with van der Waals surface area (Å²) in [4.78, 5) is 4.69. The van der Waals surface area contributed by atoms with Gasteiger partial charge in [-0.3, -0.25) is 0 Å². The van der Waals surface area contributed by atoms with Crippen LogP contribution in [0.5, 0.6) is 23.0 Å². The normalized spacial score (nSPS) is 13.7. The number of para-hydroxylation sites is 3. The molecule has 2 aliphatic rings. The second-order valence-corrected chi connectivity index (χ2v) is 19.6. The first kappa shape index (κ1) is 45.5. The monoisotopic (exact) mass is 986 g/mol. The van der Waals surface area contributed by atoms with Gasteiger partial charge in [-0.2, -0.15) is 0 Å². The Balaban J connectivity index is 0.970. The van der Waals surface area contributed by atoms with Crippen LogP contribution >= 0.6 is 0 Å². The summed E-state index contributed by atoms with van der Waals surface area (Å²) in [7, 11) is 0. The number of rotatable bonds is 10. The molecule has 364 valence electrons. The van der Waals surface area contributed by atoms with Gasteiger partial charge in [0.15, 0.2) is 5.75 Å². The molecular formula is C73H50N2O2. The van der Waals surface area contributed by atoms with Gasteiger partial charge in [0.2, 0.25) is 0 Å². The number of anilines is 6. The highest BCUT2D eigenvalue weighted by molar-refractivity contribution is 5.89. The fraction of sp³-hybridized carbons (Fsp3) is 0.0137. The lowest BCUT2D eigenvalue weighted by Gasteiger charge is -2.46. The molecule has 0 amide bonds. The third-order valence-electron chi connectivity index (χ3n) is 15.2. The molecule has 1 spiro atoms. The lowest BCUT2D eigenvalue weighted by atomic mass is 9.62. The Bertz CT molecular complexity index is 3910. The van der Waals surface area contributed by atoms with E-state index >= 15 is 0 Å². The van der Waals surface area contributed by atoms with E-state index in [1.165, 1.54) is 11.1 Å². The van der Waals surface area contributed by atoms with Crippen LogP contribution in [0.3, 0.4) is 0 Å². The predicted octanol–water partition coefficient (Wildman–Crippen LogP) is 19.9. The summed E-state index contributed by atoms with van der Waals surface area (Å²) < 4.78 is 14.6. The first-order chi connectivity index (χ1) is 38.2. The highest BCUT2D eigenvalue weighted by atomic mass is 16.5. The van der Waals surface area contributed by atoms with Gasteiger partial charge in [0.1, 0.15) is 17.2 Å². The van der Waals surface area contributed by atoms with E-state index in [1.54, 1.807) is 0 Å². The number of nitrogens with zero attached hydrogens (tertiary/aromatic N) is 2. The van der Waals surface area contributed by atoms with E-state index in [2.05, 4.69) is 313 Å². The molecule has 77 heavy (non-hydrogen) atoms. The van der Waals surface area contributed by atoms with Gasteiger partial charge in [-0.15, -0.1) is 0 Å². The second kappa shape index (κ2) is 19.3. The summed E-state index contributed by atoms with van der Waals surface area (Å²) in [6.45, 7) is 0. The van der Waals surface area contributed by atoms with E-state index in [1.807, 2.05) is 0 Å². The predicted molar refractivity (Wildman–Crippen MR) is 316 cm³/mol. The van der Waals surface area contributed by atoms with Crippen molar-refractivity contribution in [2.24, 2.45) is 0 Å². The van der Waals surface area contributed by atoms with E-state index in [-0.39, 0.29) is 0 Å². The number of hydrogen-bond donors (Lipinski definition) is 0. The summed E-state index contributed by atoms with van der Waals surface area (Å²) >= 11 is 0. The van der Waals surface area contributed by atoms with Crippen LogP contribution in [-0.2, 0) is 5.41 Å². The largest absolute Gasteiger partial charge is 0.457 e. The van der Waals surface area contributed by atoms with Crippen LogP contribution in [0.1, 0.15) is 22.3 Å². The number of ether oxygens (including phenoxy) is 2. The van der Waals surface area contributed by atoms with Crippen LogP contribution in [0, 0.1) is 0 Å². The van der Waals surface area contributed by atoms with Crippen molar-refractivity contribution in [1.29, 1.82) is 0 Å². The molecule has 0 bridgehead atoms.